The number of hydrogen-bond acceptors (Lipinski definition) is 2. The molecule has 1 aromatic carbocycles. The minimum Gasteiger partial charge on any atom is -0.496 e. The van der Waals surface area contributed by atoms with E-state index in [1.54, 1.807) is 7.11 Å². The average molecular weight is 340 g/mol. The Hall–Kier alpha value is -1.03. The Balaban J connectivity index is 1.93. The molecule has 1 heterocycles. The van der Waals surface area contributed by atoms with Gasteiger partial charge in [0, 0.05) is 23.5 Å². The summed E-state index contributed by atoms with van der Waals surface area (Å²) in [6.45, 7) is 3.93. The number of likely N-dealkylation sites (tertiary alicyclic amines) is 1. The SMILES string of the molecule is COc1ccccc1CC(=O)N1CCC(C(C)Br)CC1. The van der Waals surface area contributed by atoms with Crippen LogP contribution in [0.5, 0.6) is 5.75 Å². The fourth-order valence-electron chi connectivity index (χ4n) is 2.73. The summed E-state index contributed by atoms with van der Waals surface area (Å²) < 4.78 is 5.31. The lowest BCUT2D eigenvalue weighted by molar-refractivity contribution is -0.131. The minimum atomic E-state index is 0.204. The molecule has 1 atom stereocenters. The predicted octanol–water partition coefficient (Wildman–Crippen LogP) is 3.26. The first kappa shape index (κ1) is 15.4. The quantitative estimate of drug-likeness (QED) is 0.788. The maximum absolute atomic E-state index is 12.4. The molecule has 1 unspecified atom stereocenters. The minimum absolute atomic E-state index is 0.204. The fourth-order valence-corrected chi connectivity index (χ4v) is 3.26. The number of ether oxygens (including phenoxy) is 1. The van der Waals surface area contributed by atoms with Gasteiger partial charge in [-0.1, -0.05) is 41.1 Å². The maximum atomic E-state index is 12.4. The van der Waals surface area contributed by atoms with Gasteiger partial charge in [-0.05, 0) is 24.8 Å². The van der Waals surface area contributed by atoms with Crippen LogP contribution in [0, 0.1) is 5.92 Å². The van der Waals surface area contributed by atoms with Crippen LogP contribution in [0.3, 0.4) is 0 Å². The molecule has 110 valence electrons. The zero-order valence-corrected chi connectivity index (χ0v) is 13.7. The zero-order chi connectivity index (χ0) is 14.5. The van der Waals surface area contributed by atoms with E-state index < -0.39 is 0 Å². The molecule has 0 saturated carbocycles. The molecule has 0 N–H and O–H groups in total. The van der Waals surface area contributed by atoms with Crippen molar-refractivity contribution in [2.75, 3.05) is 20.2 Å². The van der Waals surface area contributed by atoms with Crippen LogP contribution < -0.4 is 4.74 Å². The van der Waals surface area contributed by atoms with E-state index in [4.69, 9.17) is 4.74 Å². The van der Waals surface area contributed by atoms with Gasteiger partial charge in [0.2, 0.25) is 5.91 Å². The molecule has 1 saturated heterocycles. The van der Waals surface area contributed by atoms with Crippen LogP contribution >= 0.6 is 15.9 Å². The van der Waals surface area contributed by atoms with Crippen LogP contribution in [0.4, 0.5) is 0 Å². The Morgan fingerprint density at radius 3 is 2.65 bits per heavy atom. The van der Waals surface area contributed by atoms with Crippen molar-refractivity contribution >= 4 is 21.8 Å². The highest BCUT2D eigenvalue weighted by Crippen LogP contribution is 2.26. The van der Waals surface area contributed by atoms with Crippen molar-refractivity contribution in [1.29, 1.82) is 0 Å². The van der Waals surface area contributed by atoms with Crippen molar-refractivity contribution in [3.05, 3.63) is 29.8 Å². The van der Waals surface area contributed by atoms with E-state index >= 15 is 0 Å². The summed E-state index contributed by atoms with van der Waals surface area (Å²) in [6, 6.07) is 7.74. The number of halogens is 1. The van der Waals surface area contributed by atoms with E-state index in [9.17, 15) is 4.79 Å². The van der Waals surface area contributed by atoms with Crippen LogP contribution in [0.15, 0.2) is 24.3 Å². The molecular formula is C16H22BrNO2. The highest BCUT2D eigenvalue weighted by molar-refractivity contribution is 9.09. The first-order valence-electron chi connectivity index (χ1n) is 7.15. The fraction of sp³-hybridized carbons (Fsp3) is 0.562. The first-order valence-corrected chi connectivity index (χ1v) is 8.07. The molecule has 20 heavy (non-hydrogen) atoms. The van der Waals surface area contributed by atoms with Gasteiger partial charge in [0.25, 0.3) is 0 Å². The van der Waals surface area contributed by atoms with Crippen molar-refractivity contribution in [2.45, 2.75) is 31.0 Å². The molecule has 1 aromatic rings. The molecule has 4 heteroatoms. The van der Waals surface area contributed by atoms with Crippen molar-refractivity contribution in [3.8, 4) is 5.75 Å². The van der Waals surface area contributed by atoms with E-state index in [0.29, 0.717) is 17.2 Å². The van der Waals surface area contributed by atoms with Crippen LogP contribution in [0.25, 0.3) is 0 Å². The highest BCUT2D eigenvalue weighted by atomic mass is 79.9. The van der Waals surface area contributed by atoms with Gasteiger partial charge in [0.05, 0.1) is 13.5 Å². The molecule has 0 aliphatic carbocycles. The summed E-state index contributed by atoms with van der Waals surface area (Å²) in [4.78, 5) is 14.9. The van der Waals surface area contributed by atoms with E-state index in [1.807, 2.05) is 29.2 Å². The highest BCUT2D eigenvalue weighted by Gasteiger charge is 2.25. The van der Waals surface area contributed by atoms with Gasteiger partial charge >= 0.3 is 0 Å². The lowest BCUT2D eigenvalue weighted by Gasteiger charge is -2.33. The third kappa shape index (κ3) is 3.75. The van der Waals surface area contributed by atoms with Crippen molar-refractivity contribution < 1.29 is 9.53 Å². The molecule has 0 spiro atoms. The lowest BCUT2D eigenvalue weighted by atomic mass is 9.94. The van der Waals surface area contributed by atoms with Gasteiger partial charge in [-0.3, -0.25) is 4.79 Å². The standard InChI is InChI=1S/C16H22BrNO2/c1-12(17)13-7-9-18(10-8-13)16(19)11-14-5-3-4-6-15(14)20-2/h3-6,12-13H,7-11H2,1-2H3. The average Bonchev–Trinajstić information content (AvgIpc) is 2.48. The third-order valence-corrected chi connectivity index (χ3v) is 4.82. The summed E-state index contributed by atoms with van der Waals surface area (Å²) in [6.07, 6.45) is 2.60. The van der Waals surface area contributed by atoms with Gasteiger partial charge < -0.3 is 9.64 Å². The monoisotopic (exact) mass is 339 g/mol. The molecule has 0 radical (unpaired) electrons. The third-order valence-electron chi connectivity index (χ3n) is 4.08. The number of carbonyl (C=O) groups is 1. The number of alkyl halides is 1. The van der Waals surface area contributed by atoms with Gasteiger partial charge in [0.15, 0.2) is 0 Å². The van der Waals surface area contributed by atoms with Crippen LogP contribution in [-0.2, 0) is 11.2 Å². The molecule has 1 fully saturated rings. The second kappa shape index (κ2) is 7.11. The maximum Gasteiger partial charge on any atom is 0.227 e. The van der Waals surface area contributed by atoms with Crippen molar-refractivity contribution in [1.82, 2.24) is 4.90 Å². The van der Waals surface area contributed by atoms with Gasteiger partial charge in [-0.25, -0.2) is 0 Å². The zero-order valence-electron chi connectivity index (χ0n) is 12.1. The predicted molar refractivity (Wildman–Crippen MR) is 84.4 cm³/mol. The number of methoxy groups -OCH3 is 1. The van der Waals surface area contributed by atoms with Crippen molar-refractivity contribution in [2.24, 2.45) is 5.92 Å². The molecule has 2 rings (SSSR count). The Bertz CT molecular complexity index is 454. The van der Waals surface area contributed by atoms with E-state index in [1.165, 1.54) is 0 Å². The molecule has 1 aliphatic rings. The Morgan fingerprint density at radius 1 is 1.40 bits per heavy atom. The van der Waals surface area contributed by atoms with Crippen LogP contribution in [0.1, 0.15) is 25.3 Å². The summed E-state index contributed by atoms with van der Waals surface area (Å²) >= 11 is 3.65. The number of nitrogens with zero attached hydrogens (tertiary/aromatic N) is 1. The van der Waals surface area contributed by atoms with Gasteiger partial charge in [-0.2, -0.15) is 0 Å². The van der Waals surface area contributed by atoms with Crippen LogP contribution in [-0.4, -0.2) is 35.8 Å². The van der Waals surface area contributed by atoms with E-state index in [2.05, 4.69) is 22.9 Å². The van der Waals surface area contributed by atoms with Crippen LogP contribution in [0.2, 0.25) is 0 Å². The Labute approximate surface area is 129 Å². The lowest BCUT2D eigenvalue weighted by Crippen LogP contribution is -2.40. The van der Waals surface area contributed by atoms with E-state index in [0.717, 1.165) is 37.2 Å². The largest absolute Gasteiger partial charge is 0.496 e. The summed E-state index contributed by atoms with van der Waals surface area (Å²) in [5.41, 5.74) is 0.969. The van der Waals surface area contributed by atoms with E-state index in [-0.39, 0.29) is 5.91 Å². The number of para-hydroxylation sites is 1. The molecule has 1 amide bonds. The topological polar surface area (TPSA) is 29.5 Å². The first-order chi connectivity index (χ1) is 9.61. The summed E-state index contributed by atoms with van der Waals surface area (Å²) in [5.74, 6) is 1.69. The second-order valence-corrected chi connectivity index (χ2v) is 6.83. The number of piperidine rings is 1. The molecule has 0 bridgehead atoms. The molecule has 3 nitrogen and oxygen atoms in total. The second-order valence-electron chi connectivity index (χ2n) is 5.38. The molecule has 0 aromatic heterocycles. The molecule has 1 aliphatic heterocycles. The number of amides is 1. The summed E-state index contributed by atoms with van der Waals surface area (Å²) in [5, 5.41) is 0. The Kier molecular flexibility index (Phi) is 5.46. The smallest absolute Gasteiger partial charge is 0.227 e. The normalized spacial score (nSPS) is 17.9. The van der Waals surface area contributed by atoms with Gasteiger partial charge in [-0.15, -0.1) is 0 Å². The summed E-state index contributed by atoms with van der Waals surface area (Å²) in [7, 11) is 1.65. The number of rotatable bonds is 4. The Morgan fingerprint density at radius 2 is 2.05 bits per heavy atom. The van der Waals surface area contributed by atoms with Gasteiger partial charge in [0.1, 0.15) is 5.75 Å². The molecular weight excluding hydrogens is 318 g/mol. The van der Waals surface area contributed by atoms with Crippen molar-refractivity contribution in [3.63, 3.8) is 0 Å². The number of benzene rings is 1. The number of carbonyl (C=O) groups excluding carboxylic acids is 1. The number of hydrogen-bond donors (Lipinski definition) is 0.